The highest BCUT2D eigenvalue weighted by Gasteiger charge is 2.53. The van der Waals surface area contributed by atoms with E-state index in [-0.39, 0.29) is 10.8 Å². The van der Waals surface area contributed by atoms with Crippen molar-refractivity contribution in [1.82, 2.24) is 0 Å². The van der Waals surface area contributed by atoms with Crippen LogP contribution in [0.1, 0.15) is 100 Å². The van der Waals surface area contributed by atoms with Crippen molar-refractivity contribution in [2.75, 3.05) is 4.90 Å². The minimum Gasteiger partial charge on any atom is -0.310 e. The number of hydrogen-bond acceptors (Lipinski definition) is 1. The van der Waals surface area contributed by atoms with Crippen LogP contribution in [-0.2, 0) is 28.1 Å². The number of anilines is 3. The lowest BCUT2D eigenvalue weighted by Gasteiger charge is -2.34. The number of hydrogen-bond donors (Lipinski definition) is 0. The fourth-order valence-electron chi connectivity index (χ4n) is 24.1. The highest BCUT2D eigenvalue weighted by molar-refractivity contribution is 9.10. The molecular weight excluding hydrogens is 1740 g/mol. The Labute approximate surface area is 822 Å². The largest absolute Gasteiger partial charge is 0.310 e. The monoisotopic (exact) mass is 1830 g/mol. The van der Waals surface area contributed by atoms with Gasteiger partial charge in [0.1, 0.15) is 0 Å². The zero-order valence-electron chi connectivity index (χ0n) is 76.6. The SMILES string of the molecule is Brc1ccc2c(c1)-c1ccccc1C21c2ccccc2-c2ccccc21.c1ccc(-c2ccc(Cc3ccc(-c4ccc5c(c4)C(c4ccccc4)(c4ccccc4)c4ccccc4-5)cc3)cc2)cc1.c1ccc(-c2ccc(N(c3ccc(-c4ccc5c(c4)C(c4ccccc4)(c4ccccc4)c4ccccc4-5)cc3)c3ccc4c(c3)-c3ccccc3C4(c3ccccc3)c3ccccc3)cc2)cc1. The molecule has 2 heteroatoms. The summed E-state index contributed by atoms with van der Waals surface area (Å²) in [6.07, 6.45) is 0.917. The number of fused-ring (bicyclic) bond motifs is 19. The van der Waals surface area contributed by atoms with Gasteiger partial charge in [-0.15, -0.1) is 0 Å². The van der Waals surface area contributed by atoms with Gasteiger partial charge >= 0.3 is 0 Å². The van der Waals surface area contributed by atoms with Gasteiger partial charge in [-0.1, -0.05) is 513 Å². The Morgan fingerprint density at radius 3 is 0.691 bits per heavy atom. The van der Waals surface area contributed by atoms with Crippen molar-refractivity contribution in [3.05, 3.63) is 663 Å². The summed E-state index contributed by atoms with van der Waals surface area (Å²) in [6.45, 7) is 0. The summed E-state index contributed by atoms with van der Waals surface area (Å²) in [7, 11) is 0. The quantitative estimate of drug-likeness (QED) is 0.0989. The number of benzene rings is 22. The maximum atomic E-state index is 3.68. The van der Waals surface area contributed by atoms with Crippen LogP contribution >= 0.6 is 15.9 Å². The lowest BCUT2D eigenvalue weighted by atomic mass is 9.67. The van der Waals surface area contributed by atoms with E-state index in [0.29, 0.717) is 0 Å². The van der Waals surface area contributed by atoms with Crippen LogP contribution in [0.25, 0.3) is 100 Å². The third-order valence-corrected chi connectivity index (χ3v) is 30.5. The lowest BCUT2D eigenvalue weighted by molar-refractivity contribution is 0.768. The summed E-state index contributed by atoms with van der Waals surface area (Å²) in [4.78, 5) is 2.42. The van der Waals surface area contributed by atoms with Crippen LogP contribution in [0.2, 0.25) is 0 Å². The molecular formula is C137H94BrN. The Bertz CT molecular complexity index is 8170. The minimum absolute atomic E-state index is 0.209. The lowest BCUT2D eigenvalue weighted by Crippen LogP contribution is -2.28. The molecule has 0 aromatic heterocycles. The van der Waals surface area contributed by atoms with Crippen molar-refractivity contribution in [1.29, 1.82) is 0 Å². The molecule has 27 rings (SSSR count). The van der Waals surface area contributed by atoms with Gasteiger partial charge in [-0.3, -0.25) is 0 Å². The zero-order chi connectivity index (χ0) is 92.4. The Morgan fingerprint density at radius 1 is 0.144 bits per heavy atom. The van der Waals surface area contributed by atoms with Crippen LogP contribution in [0, 0.1) is 0 Å². The molecule has 139 heavy (non-hydrogen) atoms. The number of halogens is 1. The maximum absolute atomic E-state index is 3.68. The first-order valence-corrected chi connectivity index (χ1v) is 49.1. The molecule has 5 aliphatic carbocycles. The van der Waals surface area contributed by atoms with Crippen LogP contribution in [0.15, 0.2) is 563 Å². The van der Waals surface area contributed by atoms with Crippen LogP contribution in [0.3, 0.4) is 0 Å². The molecule has 0 bridgehead atoms. The van der Waals surface area contributed by atoms with E-state index in [9.17, 15) is 0 Å². The molecule has 654 valence electrons. The van der Waals surface area contributed by atoms with Crippen molar-refractivity contribution in [2.24, 2.45) is 0 Å². The molecule has 0 N–H and O–H groups in total. The summed E-state index contributed by atoms with van der Waals surface area (Å²) in [6, 6.07) is 205. The van der Waals surface area contributed by atoms with Crippen LogP contribution in [0.4, 0.5) is 17.1 Å². The third-order valence-electron chi connectivity index (χ3n) is 30.0. The minimum atomic E-state index is -0.466. The first kappa shape index (κ1) is 83.9. The molecule has 1 spiro atoms. The molecule has 0 radical (unpaired) electrons. The van der Waals surface area contributed by atoms with Gasteiger partial charge in [0.2, 0.25) is 0 Å². The van der Waals surface area contributed by atoms with Gasteiger partial charge in [-0.2, -0.15) is 0 Å². The molecule has 0 unspecified atom stereocenters. The fraction of sp³-hybridized carbons (Fsp3) is 0.0365. The Kier molecular flexibility index (Phi) is 21.2. The fourth-order valence-corrected chi connectivity index (χ4v) is 24.4. The van der Waals surface area contributed by atoms with Crippen LogP contribution in [0.5, 0.6) is 0 Å². The molecule has 0 fully saturated rings. The topological polar surface area (TPSA) is 3.24 Å². The summed E-state index contributed by atoms with van der Waals surface area (Å²) < 4.78 is 1.13. The van der Waals surface area contributed by atoms with Crippen molar-refractivity contribution in [2.45, 2.75) is 28.1 Å². The Morgan fingerprint density at radius 2 is 0.360 bits per heavy atom. The molecule has 22 aromatic rings. The summed E-state index contributed by atoms with van der Waals surface area (Å²) in [5.41, 5.74) is 48.4. The van der Waals surface area contributed by atoms with Gasteiger partial charge in [-0.05, 0) is 267 Å². The summed E-state index contributed by atoms with van der Waals surface area (Å²) in [5, 5.41) is 0. The summed E-state index contributed by atoms with van der Waals surface area (Å²) >= 11 is 3.68. The molecule has 0 amide bonds. The van der Waals surface area contributed by atoms with Crippen molar-refractivity contribution in [3.63, 3.8) is 0 Å². The number of nitrogens with zero attached hydrogens (tertiary/aromatic N) is 1. The average molecular weight is 1830 g/mol. The van der Waals surface area contributed by atoms with Crippen LogP contribution < -0.4 is 4.90 Å². The predicted molar refractivity (Wildman–Crippen MR) is 581 cm³/mol. The van der Waals surface area contributed by atoms with E-state index < -0.39 is 10.8 Å². The molecule has 0 heterocycles. The Hall–Kier alpha value is -16.9. The number of rotatable bonds is 15. The van der Waals surface area contributed by atoms with E-state index in [1.165, 1.54) is 200 Å². The van der Waals surface area contributed by atoms with E-state index in [4.69, 9.17) is 0 Å². The van der Waals surface area contributed by atoms with Crippen molar-refractivity contribution in [3.8, 4) is 100 Å². The highest BCUT2D eigenvalue weighted by atomic mass is 79.9. The van der Waals surface area contributed by atoms with E-state index in [2.05, 4.69) is 579 Å². The van der Waals surface area contributed by atoms with Crippen molar-refractivity contribution >= 4 is 33.0 Å². The first-order valence-electron chi connectivity index (χ1n) is 48.3. The molecule has 0 saturated carbocycles. The van der Waals surface area contributed by atoms with Gasteiger partial charge in [0.15, 0.2) is 0 Å². The van der Waals surface area contributed by atoms with E-state index in [1.54, 1.807) is 0 Å². The van der Waals surface area contributed by atoms with E-state index >= 15 is 0 Å². The average Bonchev–Trinajstić information content (AvgIpc) is 1.51. The normalized spacial score (nSPS) is 13.5. The second kappa shape index (κ2) is 35.1. The van der Waals surface area contributed by atoms with E-state index in [0.717, 1.165) is 28.0 Å². The molecule has 0 saturated heterocycles. The smallest absolute Gasteiger partial charge is 0.0725 e. The zero-order valence-corrected chi connectivity index (χ0v) is 78.2. The first-order chi connectivity index (χ1) is 68.8. The standard InChI is InChI=1S/C68H47N.C44H32.C25H15Br/c1-6-20-48(21-7-1)49-34-39-56(40-35-49)69(58-43-45-65-62(47-58)60-31-17-19-33-64(60)67(65,52-22-8-2-9-23-52)53-24-10-3-11-25-53)57-41-36-50(37-42-57)51-38-44-61-59-30-16-18-32-63(59)68(66(61)46-51,54-26-12-4-13-27-54)55-28-14-5-15-29-55;1-4-12-34(13-5-1)35-24-20-32(21-25-35)30-33-22-26-36(27-23-33)37-28-29-41-40-18-10-11-19-42(40)44(43(41)31-37,38-14-6-2-7-15-38)39-16-8-3-9-17-39;26-16-13-14-24-20(15-16)19-9-3-6-12-23(19)25(24)21-10-4-1-7-17(21)18-8-2-5-11-22(18)25/h1-47H;1-29,31H,30H2;1-15H. The van der Waals surface area contributed by atoms with Gasteiger partial charge < -0.3 is 4.90 Å². The van der Waals surface area contributed by atoms with E-state index in [1.807, 2.05) is 0 Å². The molecule has 0 atom stereocenters. The predicted octanol–water partition coefficient (Wildman–Crippen LogP) is 35.0. The second-order valence-corrected chi connectivity index (χ2v) is 38.1. The van der Waals surface area contributed by atoms with Gasteiger partial charge in [0.05, 0.1) is 21.7 Å². The molecule has 22 aromatic carbocycles. The van der Waals surface area contributed by atoms with Crippen molar-refractivity contribution < 1.29 is 0 Å². The van der Waals surface area contributed by atoms with Gasteiger partial charge in [-0.25, -0.2) is 0 Å². The van der Waals surface area contributed by atoms with Gasteiger partial charge in [0, 0.05) is 21.5 Å². The van der Waals surface area contributed by atoms with Gasteiger partial charge in [0.25, 0.3) is 0 Å². The summed E-state index contributed by atoms with van der Waals surface area (Å²) in [5.74, 6) is 0. The molecule has 5 aliphatic rings. The molecule has 0 aliphatic heterocycles. The second-order valence-electron chi connectivity index (χ2n) is 37.1. The van der Waals surface area contributed by atoms with Crippen LogP contribution in [-0.4, -0.2) is 0 Å². The maximum Gasteiger partial charge on any atom is 0.0725 e. The molecule has 1 nitrogen and oxygen atoms in total. The third kappa shape index (κ3) is 13.8. The highest BCUT2D eigenvalue weighted by Crippen LogP contribution is 2.65. The Balaban J connectivity index is 0.000000123.